The van der Waals surface area contributed by atoms with Gasteiger partial charge in [-0.1, -0.05) is 20.8 Å². The second-order valence-corrected chi connectivity index (χ2v) is 12.8. The number of carbonyl (C=O) groups excluding carboxylic acids is 1. The fourth-order valence-corrected chi connectivity index (χ4v) is 5.59. The first-order valence-electron chi connectivity index (χ1n) is 8.39. The molecule has 1 aliphatic carbocycles. The third-order valence-electron chi connectivity index (χ3n) is 4.35. The van der Waals surface area contributed by atoms with E-state index in [1.165, 1.54) is 0 Å². The molecule has 0 saturated heterocycles. The van der Waals surface area contributed by atoms with Crippen LogP contribution in [-0.2, 0) is 4.43 Å². The Kier molecular flexibility index (Phi) is 5.02. The van der Waals surface area contributed by atoms with Gasteiger partial charge in [-0.3, -0.25) is 4.79 Å². The Bertz CT molecular complexity index is 501. The van der Waals surface area contributed by atoms with Crippen molar-refractivity contribution in [2.24, 2.45) is 17.8 Å². The second kappa shape index (κ2) is 6.32. The molecule has 1 aliphatic rings. The summed E-state index contributed by atoms with van der Waals surface area (Å²) in [5, 5.41) is 0. The summed E-state index contributed by atoms with van der Waals surface area (Å²) in [4.78, 5) is 13.0. The highest BCUT2D eigenvalue weighted by atomic mass is 28.4. The molecule has 124 valence electrons. The Balaban J connectivity index is 2.36. The summed E-state index contributed by atoms with van der Waals surface area (Å²) < 4.78 is 11.8. The quantitative estimate of drug-likeness (QED) is 0.537. The summed E-state index contributed by atoms with van der Waals surface area (Å²) in [6.45, 7) is 13.3. The van der Waals surface area contributed by atoms with E-state index in [1.54, 1.807) is 18.6 Å². The Morgan fingerprint density at radius 2 is 2.14 bits per heavy atom. The lowest BCUT2D eigenvalue weighted by Gasteiger charge is -2.41. The predicted octanol–water partition coefficient (Wildman–Crippen LogP) is 5.14. The van der Waals surface area contributed by atoms with Gasteiger partial charge in [0.1, 0.15) is 6.26 Å². The average Bonchev–Trinajstić information content (AvgIpc) is 2.93. The van der Waals surface area contributed by atoms with Crippen molar-refractivity contribution in [2.45, 2.75) is 65.3 Å². The van der Waals surface area contributed by atoms with Crippen LogP contribution in [0.15, 0.2) is 23.0 Å². The molecule has 2 rings (SSSR count). The van der Waals surface area contributed by atoms with Gasteiger partial charge < -0.3 is 8.84 Å². The van der Waals surface area contributed by atoms with Crippen LogP contribution in [0.25, 0.3) is 0 Å². The van der Waals surface area contributed by atoms with Crippen molar-refractivity contribution in [3.63, 3.8) is 0 Å². The van der Waals surface area contributed by atoms with Crippen LogP contribution < -0.4 is 0 Å². The molecule has 3 atom stereocenters. The summed E-state index contributed by atoms with van der Waals surface area (Å²) in [6, 6.07) is 1.78. The van der Waals surface area contributed by atoms with E-state index in [-0.39, 0.29) is 17.3 Å². The summed E-state index contributed by atoms with van der Waals surface area (Å²) in [5.41, 5.74) is 0.387. The molecule has 0 aromatic carbocycles. The van der Waals surface area contributed by atoms with Crippen molar-refractivity contribution < 1.29 is 13.6 Å². The molecule has 0 unspecified atom stereocenters. The lowest BCUT2D eigenvalue weighted by Crippen LogP contribution is -2.48. The Morgan fingerprint density at radius 1 is 1.45 bits per heavy atom. The van der Waals surface area contributed by atoms with E-state index in [4.69, 9.17) is 8.84 Å². The van der Waals surface area contributed by atoms with Crippen molar-refractivity contribution in [1.82, 2.24) is 0 Å². The Morgan fingerprint density at radius 3 is 2.64 bits per heavy atom. The van der Waals surface area contributed by atoms with Crippen LogP contribution in [0.2, 0.25) is 19.6 Å². The lowest BCUT2D eigenvalue weighted by atomic mass is 9.80. The maximum absolute atomic E-state index is 13.0. The van der Waals surface area contributed by atoms with E-state index in [1.807, 2.05) is 0 Å². The minimum absolute atomic E-state index is 0.0470. The van der Waals surface area contributed by atoms with Crippen LogP contribution in [0.5, 0.6) is 0 Å². The monoisotopic (exact) mass is 322 g/mol. The smallest absolute Gasteiger partial charge is 0.184 e. The zero-order valence-corrected chi connectivity index (χ0v) is 15.8. The number of Topliss-reactive ketones (excluding diaryl/α,β-unsaturated/α-hetero) is 1. The van der Waals surface area contributed by atoms with Crippen molar-refractivity contribution in [2.75, 3.05) is 0 Å². The zero-order valence-electron chi connectivity index (χ0n) is 14.8. The SMILES string of the molecule is CC(C)C[C@@]1(O[Si](C)(C)C)C[C@H](C)C[C@@H]1C(=O)c1ccoc1. The molecule has 22 heavy (non-hydrogen) atoms. The highest BCUT2D eigenvalue weighted by Gasteiger charge is 2.52. The number of carbonyl (C=O) groups is 1. The number of furan rings is 1. The van der Waals surface area contributed by atoms with Gasteiger partial charge in [0.25, 0.3) is 0 Å². The molecule has 1 aromatic rings. The third kappa shape index (κ3) is 3.90. The van der Waals surface area contributed by atoms with E-state index in [2.05, 4.69) is 40.4 Å². The highest BCUT2D eigenvalue weighted by molar-refractivity contribution is 6.69. The minimum Gasteiger partial charge on any atom is -0.472 e. The molecule has 1 saturated carbocycles. The summed E-state index contributed by atoms with van der Waals surface area (Å²) in [6.07, 6.45) is 6.01. The van der Waals surface area contributed by atoms with E-state index in [0.29, 0.717) is 17.4 Å². The minimum atomic E-state index is -1.74. The first kappa shape index (κ1) is 17.5. The van der Waals surface area contributed by atoms with Gasteiger partial charge in [-0.05, 0) is 56.8 Å². The van der Waals surface area contributed by atoms with Gasteiger partial charge in [-0.15, -0.1) is 0 Å². The molecule has 0 aliphatic heterocycles. The largest absolute Gasteiger partial charge is 0.472 e. The molecule has 0 bridgehead atoms. The maximum atomic E-state index is 13.0. The predicted molar refractivity (Wildman–Crippen MR) is 91.5 cm³/mol. The molecule has 1 aromatic heterocycles. The Hall–Kier alpha value is -0.873. The second-order valence-electron chi connectivity index (χ2n) is 8.35. The van der Waals surface area contributed by atoms with Gasteiger partial charge in [-0.25, -0.2) is 0 Å². The molecule has 0 amide bonds. The first-order valence-corrected chi connectivity index (χ1v) is 11.8. The Labute approximate surface area is 135 Å². The number of ketones is 1. The summed E-state index contributed by atoms with van der Waals surface area (Å²) in [7, 11) is -1.74. The van der Waals surface area contributed by atoms with Gasteiger partial charge >= 0.3 is 0 Å². The maximum Gasteiger partial charge on any atom is 0.184 e. The van der Waals surface area contributed by atoms with Crippen LogP contribution in [-0.4, -0.2) is 19.7 Å². The van der Waals surface area contributed by atoms with Crippen molar-refractivity contribution >= 4 is 14.1 Å². The molecule has 4 heteroatoms. The zero-order chi connectivity index (χ0) is 16.5. The van der Waals surface area contributed by atoms with Crippen molar-refractivity contribution in [1.29, 1.82) is 0 Å². The van der Waals surface area contributed by atoms with Gasteiger partial charge in [0.05, 0.1) is 23.3 Å². The van der Waals surface area contributed by atoms with Gasteiger partial charge in [0, 0.05) is 0 Å². The van der Waals surface area contributed by atoms with Crippen LogP contribution >= 0.6 is 0 Å². The summed E-state index contributed by atoms with van der Waals surface area (Å²) in [5.74, 6) is 1.18. The van der Waals surface area contributed by atoms with Crippen LogP contribution in [0.4, 0.5) is 0 Å². The van der Waals surface area contributed by atoms with Crippen molar-refractivity contribution in [3.8, 4) is 0 Å². The van der Waals surface area contributed by atoms with Crippen LogP contribution in [0, 0.1) is 17.8 Å². The number of hydrogen-bond acceptors (Lipinski definition) is 3. The fraction of sp³-hybridized carbons (Fsp3) is 0.722. The molecule has 0 N–H and O–H groups in total. The van der Waals surface area contributed by atoms with Crippen LogP contribution in [0.1, 0.15) is 50.4 Å². The standard InChI is InChI=1S/C18H30O3Si/c1-13(2)10-18(21-22(4,5)6)11-14(3)9-16(18)17(19)15-7-8-20-12-15/h7-8,12-14,16H,9-11H2,1-6H3/t14-,16-,18-/m1/s1. The number of hydrogen-bond donors (Lipinski definition) is 0. The molecule has 1 fully saturated rings. The number of rotatable bonds is 6. The average molecular weight is 323 g/mol. The van der Waals surface area contributed by atoms with Gasteiger partial charge in [-0.2, -0.15) is 0 Å². The molecule has 0 radical (unpaired) electrons. The van der Waals surface area contributed by atoms with Gasteiger partial charge in [0.15, 0.2) is 14.1 Å². The van der Waals surface area contributed by atoms with Crippen molar-refractivity contribution in [3.05, 3.63) is 24.2 Å². The van der Waals surface area contributed by atoms with E-state index < -0.39 is 8.32 Å². The lowest BCUT2D eigenvalue weighted by molar-refractivity contribution is 0.00548. The molecule has 0 spiro atoms. The first-order chi connectivity index (χ1) is 10.1. The molecule has 1 heterocycles. The molecular formula is C18H30O3Si. The highest BCUT2D eigenvalue weighted by Crippen LogP contribution is 2.48. The topological polar surface area (TPSA) is 39.4 Å². The van der Waals surface area contributed by atoms with E-state index in [9.17, 15) is 4.79 Å². The van der Waals surface area contributed by atoms with E-state index >= 15 is 0 Å². The summed E-state index contributed by atoms with van der Waals surface area (Å²) >= 11 is 0. The van der Waals surface area contributed by atoms with Gasteiger partial charge in [0.2, 0.25) is 0 Å². The normalized spacial score (nSPS) is 29.2. The van der Waals surface area contributed by atoms with Crippen LogP contribution in [0.3, 0.4) is 0 Å². The van der Waals surface area contributed by atoms with E-state index in [0.717, 1.165) is 19.3 Å². The molecule has 3 nitrogen and oxygen atoms in total. The third-order valence-corrected chi connectivity index (χ3v) is 5.37. The fourth-order valence-electron chi connectivity index (χ4n) is 4.07. The molecular weight excluding hydrogens is 292 g/mol.